The molecule has 0 spiro atoms. The Morgan fingerprint density at radius 2 is 2.00 bits per heavy atom. The molecule has 18 heavy (non-hydrogen) atoms. The lowest BCUT2D eigenvalue weighted by Crippen LogP contribution is -2.51. The lowest BCUT2D eigenvalue weighted by Gasteiger charge is -2.37. The number of carbonyl (C=O) groups excluding carboxylic acids is 1. The molecule has 0 bridgehead atoms. The molecule has 1 unspecified atom stereocenters. The Bertz CT molecular complexity index is 314. The molecule has 1 atom stereocenters. The maximum atomic E-state index is 11.6. The van der Waals surface area contributed by atoms with Crippen molar-refractivity contribution in [2.24, 2.45) is 5.41 Å². The zero-order chi connectivity index (χ0) is 13.8. The Labute approximate surface area is 108 Å². The van der Waals surface area contributed by atoms with Crippen LogP contribution in [-0.4, -0.2) is 55.2 Å². The van der Waals surface area contributed by atoms with E-state index in [4.69, 9.17) is 5.11 Å². The molecule has 1 rings (SSSR count). The Hall–Kier alpha value is -1.30. The van der Waals surface area contributed by atoms with Gasteiger partial charge in [0.15, 0.2) is 0 Å². The fourth-order valence-electron chi connectivity index (χ4n) is 2.19. The van der Waals surface area contributed by atoms with Crippen molar-refractivity contribution in [2.75, 3.05) is 27.2 Å². The zero-order valence-corrected chi connectivity index (χ0v) is 11.3. The minimum atomic E-state index is -0.810. The average molecular weight is 257 g/mol. The van der Waals surface area contributed by atoms with Crippen LogP contribution in [0.4, 0.5) is 4.79 Å². The summed E-state index contributed by atoms with van der Waals surface area (Å²) in [5, 5.41) is 14.6. The SMILES string of the molecule is CC(CN(C)C)NC(=O)NCC1(C(=O)O)CCC1. The molecule has 1 aliphatic rings. The lowest BCUT2D eigenvalue weighted by atomic mass is 9.69. The highest BCUT2D eigenvalue weighted by atomic mass is 16.4. The summed E-state index contributed by atoms with van der Waals surface area (Å²) in [6, 6.07) is -0.265. The molecule has 3 N–H and O–H groups in total. The van der Waals surface area contributed by atoms with E-state index in [1.54, 1.807) is 0 Å². The summed E-state index contributed by atoms with van der Waals surface area (Å²) in [6.45, 7) is 2.87. The number of carbonyl (C=O) groups is 2. The van der Waals surface area contributed by atoms with Crippen LogP contribution in [-0.2, 0) is 4.79 Å². The van der Waals surface area contributed by atoms with Crippen LogP contribution in [0, 0.1) is 5.41 Å². The van der Waals surface area contributed by atoms with Gasteiger partial charge < -0.3 is 20.6 Å². The van der Waals surface area contributed by atoms with Crippen LogP contribution in [0.2, 0.25) is 0 Å². The molecule has 2 amide bonds. The summed E-state index contributed by atoms with van der Waals surface area (Å²) in [7, 11) is 3.87. The van der Waals surface area contributed by atoms with E-state index in [0.717, 1.165) is 13.0 Å². The van der Waals surface area contributed by atoms with Gasteiger partial charge in [0.2, 0.25) is 0 Å². The second-order valence-electron chi connectivity index (χ2n) is 5.43. The van der Waals surface area contributed by atoms with Gasteiger partial charge >= 0.3 is 12.0 Å². The van der Waals surface area contributed by atoms with E-state index in [9.17, 15) is 9.59 Å². The molecule has 0 radical (unpaired) electrons. The van der Waals surface area contributed by atoms with Crippen LogP contribution in [0.5, 0.6) is 0 Å². The predicted octanol–water partition coefficient (Wildman–Crippen LogP) is 0.491. The number of aliphatic carboxylic acids is 1. The molecule has 0 heterocycles. The lowest BCUT2D eigenvalue weighted by molar-refractivity contribution is -0.153. The maximum Gasteiger partial charge on any atom is 0.315 e. The molecule has 1 fully saturated rings. The molecule has 0 aromatic rings. The number of nitrogens with zero attached hydrogens (tertiary/aromatic N) is 1. The van der Waals surface area contributed by atoms with Crippen molar-refractivity contribution in [3.05, 3.63) is 0 Å². The van der Waals surface area contributed by atoms with Crippen LogP contribution in [0.3, 0.4) is 0 Å². The number of nitrogens with one attached hydrogen (secondary N) is 2. The number of likely N-dealkylation sites (N-methyl/N-ethyl adjacent to an activating group) is 1. The van der Waals surface area contributed by atoms with E-state index in [1.807, 2.05) is 25.9 Å². The van der Waals surface area contributed by atoms with Crippen molar-refractivity contribution in [3.8, 4) is 0 Å². The third-order valence-electron chi connectivity index (χ3n) is 3.37. The van der Waals surface area contributed by atoms with Crippen molar-refractivity contribution in [3.63, 3.8) is 0 Å². The summed E-state index contributed by atoms with van der Waals surface area (Å²) in [4.78, 5) is 24.7. The van der Waals surface area contributed by atoms with Gasteiger partial charge in [0.05, 0.1) is 5.41 Å². The number of urea groups is 1. The average Bonchev–Trinajstić information content (AvgIpc) is 2.13. The van der Waals surface area contributed by atoms with Gasteiger partial charge in [-0.15, -0.1) is 0 Å². The molecule has 0 saturated heterocycles. The largest absolute Gasteiger partial charge is 0.481 e. The number of hydrogen-bond donors (Lipinski definition) is 3. The van der Waals surface area contributed by atoms with Crippen LogP contribution in [0.1, 0.15) is 26.2 Å². The zero-order valence-electron chi connectivity index (χ0n) is 11.3. The van der Waals surface area contributed by atoms with Gasteiger partial charge in [0.25, 0.3) is 0 Å². The molecular weight excluding hydrogens is 234 g/mol. The number of hydrogen-bond acceptors (Lipinski definition) is 3. The number of amides is 2. The maximum absolute atomic E-state index is 11.6. The minimum absolute atomic E-state index is 0.0298. The van der Waals surface area contributed by atoms with Gasteiger partial charge in [-0.25, -0.2) is 4.79 Å². The third kappa shape index (κ3) is 3.87. The summed E-state index contributed by atoms with van der Waals surface area (Å²) >= 11 is 0. The highest BCUT2D eigenvalue weighted by Gasteiger charge is 2.44. The van der Waals surface area contributed by atoms with E-state index in [-0.39, 0.29) is 18.6 Å². The van der Waals surface area contributed by atoms with E-state index in [2.05, 4.69) is 10.6 Å². The summed E-state index contributed by atoms with van der Waals surface area (Å²) in [6.07, 6.45) is 2.22. The third-order valence-corrected chi connectivity index (χ3v) is 3.37. The molecule has 0 aliphatic heterocycles. The van der Waals surface area contributed by atoms with E-state index < -0.39 is 11.4 Å². The van der Waals surface area contributed by atoms with E-state index in [0.29, 0.717) is 12.8 Å². The first kappa shape index (κ1) is 14.8. The van der Waals surface area contributed by atoms with Crippen LogP contribution >= 0.6 is 0 Å². The van der Waals surface area contributed by atoms with Gasteiger partial charge in [0.1, 0.15) is 0 Å². The highest BCUT2D eigenvalue weighted by molar-refractivity contribution is 5.78. The Morgan fingerprint density at radius 3 is 2.39 bits per heavy atom. The van der Waals surface area contributed by atoms with Crippen molar-refractivity contribution in [1.29, 1.82) is 0 Å². The smallest absolute Gasteiger partial charge is 0.315 e. The highest BCUT2D eigenvalue weighted by Crippen LogP contribution is 2.40. The molecule has 0 aromatic heterocycles. The molecule has 1 aliphatic carbocycles. The normalized spacial score (nSPS) is 18.9. The molecule has 104 valence electrons. The summed E-state index contributed by atoms with van der Waals surface area (Å²) in [5.41, 5.74) is -0.734. The molecule has 1 saturated carbocycles. The minimum Gasteiger partial charge on any atom is -0.481 e. The first-order valence-corrected chi connectivity index (χ1v) is 6.28. The van der Waals surface area contributed by atoms with Crippen LogP contribution in [0.15, 0.2) is 0 Å². The monoisotopic (exact) mass is 257 g/mol. The van der Waals surface area contributed by atoms with Crippen LogP contribution in [0.25, 0.3) is 0 Å². The van der Waals surface area contributed by atoms with Crippen molar-refractivity contribution >= 4 is 12.0 Å². The van der Waals surface area contributed by atoms with Crippen molar-refractivity contribution < 1.29 is 14.7 Å². The Kier molecular flexibility index (Phi) is 4.95. The van der Waals surface area contributed by atoms with E-state index >= 15 is 0 Å². The van der Waals surface area contributed by atoms with Gasteiger partial charge in [0, 0.05) is 19.1 Å². The van der Waals surface area contributed by atoms with Gasteiger partial charge in [-0.2, -0.15) is 0 Å². The van der Waals surface area contributed by atoms with E-state index in [1.165, 1.54) is 0 Å². The van der Waals surface area contributed by atoms with Crippen molar-refractivity contribution in [1.82, 2.24) is 15.5 Å². The molecular formula is C12H23N3O3. The second kappa shape index (κ2) is 6.04. The van der Waals surface area contributed by atoms with Gasteiger partial charge in [-0.3, -0.25) is 4.79 Å². The standard InChI is InChI=1S/C12H23N3O3/c1-9(7-15(2)3)14-11(18)13-8-12(10(16)17)5-4-6-12/h9H,4-8H2,1-3H3,(H,16,17)(H2,13,14,18). The first-order chi connectivity index (χ1) is 8.35. The molecule has 6 heteroatoms. The first-order valence-electron chi connectivity index (χ1n) is 6.28. The van der Waals surface area contributed by atoms with Gasteiger partial charge in [-0.05, 0) is 33.9 Å². The number of carboxylic acid groups (broad SMARTS) is 1. The molecule has 0 aromatic carbocycles. The fraction of sp³-hybridized carbons (Fsp3) is 0.833. The summed E-state index contributed by atoms with van der Waals surface area (Å²) in [5.74, 6) is -0.810. The second-order valence-corrected chi connectivity index (χ2v) is 5.43. The van der Waals surface area contributed by atoms with Gasteiger partial charge in [-0.1, -0.05) is 6.42 Å². The quantitative estimate of drug-likeness (QED) is 0.647. The number of carboxylic acids is 1. The predicted molar refractivity (Wildman–Crippen MR) is 68.5 cm³/mol. The summed E-state index contributed by atoms with van der Waals surface area (Å²) < 4.78 is 0. The van der Waals surface area contributed by atoms with Crippen LogP contribution < -0.4 is 10.6 Å². The Balaban J connectivity index is 2.30. The number of rotatable bonds is 6. The van der Waals surface area contributed by atoms with Crippen molar-refractivity contribution in [2.45, 2.75) is 32.2 Å². The fourth-order valence-corrected chi connectivity index (χ4v) is 2.19. The molecule has 6 nitrogen and oxygen atoms in total. The Morgan fingerprint density at radius 1 is 1.39 bits per heavy atom. The topological polar surface area (TPSA) is 81.7 Å².